The van der Waals surface area contributed by atoms with E-state index in [4.69, 9.17) is 9.94 Å². The van der Waals surface area contributed by atoms with Crippen molar-refractivity contribution in [1.82, 2.24) is 0 Å². The summed E-state index contributed by atoms with van der Waals surface area (Å²) in [6, 6.07) is 5.72. The molecule has 1 N–H and O–H groups in total. The lowest BCUT2D eigenvalue weighted by molar-refractivity contribution is -0.129. The number of hydrogen-bond acceptors (Lipinski definition) is 3. The summed E-state index contributed by atoms with van der Waals surface area (Å²) >= 11 is 0. The Labute approximate surface area is 85.0 Å². The topological polar surface area (TPSA) is 58.9 Å². The van der Waals surface area contributed by atoms with Gasteiger partial charge in [-0.15, -0.1) is 0 Å². The molecule has 1 aromatic rings. The van der Waals surface area contributed by atoms with Gasteiger partial charge in [-0.05, 0) is 17.7 Å². The number of aliphatic carboxylic acids is 1. The molecule has 1 atom stereocenters. The minimum absolute atomic E-state index is 0.00988. The van der Waals surface area contributed by atoms with Crippen LogP contribution in [0.15, 0.2) is 29.4 Å². The summed E-state index contributed by atoms with van der Waals surface area (Å²) in [4.78, 5) is 15.5. The van der Waals surface area contributed by atoms with Gasteiger partial charge in [-0.25, -0.2) is 9.18 Å². The van der Waals surface area contributed by atoms with Crippen molar-refractivity contribution in [1.29, 1.82) is 0 Å². The SMILES string of the molecule is O=C(O)C1=NO[C@@H](c2ccc(F)cc2)C1. The molecule has 78 valence electrons. The van der Waals surface area contributed by atoms with E-state index in [-0.39, 0.29) is 17.9 Å². The first kappa shape index (κ1) is 9.64. The van der Waals surface area contributed by atoms with Gasteiger partial charge in [-0.1, -0.05) is 17.3 Å². The van der Waals surface area contributed by atoms with Gasteiger partial charge in [0.1, 0.15) is 5.82 Å². The lowest BCUT2D eigenvalue weighted by atomic mass is 10.0. The second-order valence-corrected chi connectivity index (χ2v) is 3.19. The molecule has 0 unspecified atom stereocenters. The molecule has 0 aromatic heterocycles. The molecule has 4 nitrogen and oxygen atoms in total. The van der Waals surface area contributed by atoms with Gasteiger partial charge in [-0.2, -0.15) is 0 Å². The first-order chi connectivity index (χ1) is 7.16. The highest BCUT2D eigenvalue weighted by molar-refractivity contribution is 6.35. The van der Waals surface area contributed by atoms with Gasteiger partial charge >= 0.3 is 5.97 Å². The summed E-state index contributed by atoms with van der Waals surface area (Å²) in [5.74, 6) is -1.42. The van der Waals surface area contributed by atoms with Gasteiger partial charge in [0.25, 0.3) is 0 Å². The van der Waals surface area contributed by atoms with Crippen LogP contribution < -0.4 is 0 Å². The Morgan fingerprint density at radius 1 is 1.47 bits per heavy atom. The predicted molar refractivity (Wildman–Crippen MR) is 49.9 cm³/mol. The van der Waals surface area contributed by atoms with E-state index in [1.54, 1.807) is 12.1 Å². The maximum Gasteiger partial charge on any atom is 0.353 e. The molecular weight excluding hydrogens is 201 g/mol. The highest BCUT2D eigenvalue weighted by Gasteiger charge is 2.26. The Bertz CT molecular complexity index is 413. The van der Waals surface area contributed by atoms with E-state index >= 15 is 0 Å². The zero-order chi connectivity index (χ0) is 10.8. The van der Waals surface area contributed by atoms with Crippen molar-refractivity contribution in [3.05, 3.63) is 35.6 Å². The molecule has 1 aliphatic rings. The Morgan fingerprint density at radius 3 is 2.67 bits per heavy atom. The first-order valence-electron chi connectivity index (χ1n) is 4.38. The van der Waals surface area contributed by atoms with Crippen LogP contribution in [0.1, 0.15) is 18.1 Å². The first-order valence-corrected chi connectivity index (χ1v) is 4.38. The van der Waals surface area contributed by atoms with E-state index in [2.05, 4.69) is 5.16 Å². The molecule has 1 aromatic carbocycles. The van der Waals surface area contributed by atoms with E-state index < -0.39 is 12.1 Å². The molecule has 0 aliphatic carbocycles. The van der Waals surface area contributed by atoms with Crippen molar-refractivity contribution in [2.24, 2.45) is 5.16 Å². The number of hydrogen-bond donors (Lipinski definition) is 1. The van der Waals surface area contributed by atoms with Crippen LogP contribution in [-0.4, -0.2) is 16.8 Å². The lowest BCUT2D eigenvalue weighted by Gasteiger charge is -2.07. The molecule has 0 saturated carbocycles. The molecule has 0 spiro atoms. The summed E-state index contributed by atoms with van der Waals surface area (Å²) in [6.07, 6.45) is -0.210. The molecule has 0 amide bonds. The molecule has 1 heterocycles. The normalized spacial score (nSPS) is 19.5. The fourth-order valence-electron chi connectivity index (χ4n) is 1.36. The third-order valence-corrected chi connectivity index (χ3v) is 2.16. The van der Waals surface area contributed by atoms with Gasteiger partial charge in [0, 0.05) is 6.42 Å². The summed E-state index contributed by atoms with van der Waals surface area (Å²) in [7, 11) is 0. The lowest BCUT2D eigenvalue weighted by Crippen LogP contribution is -2.11. The van der Waals surface area contributed by atoms with Gasteiger partial charge in [-0.3, -0.25) is 0 Å². The number of benzene rings is 1. The minimum Gasteiger partial charge on any atom is -0.477 e. The average molecular weight is 209 g/mol. The Kier molecular flexibility index (Phi) is 2.37. The van der Waals surface area contributed by atoms with Crippen LogP contribution >= 0.6 is 0 Å². The van der Waals surface area contributed by atoms with Crippen LogP contribution in [0.2, 0.25) is 0 Å². The second-order valence-electron chi connectivity index (χ2n) is 3.19. The van der Waals surface area contributed by atoms with Crippen LogP contribution in [0.25, 0.3) is 0 Å². The van der Waals surface area contributed by atoms with E-state index in [0.717, 1.165) is 5.56 Å². The quantitative estimate of drug-likeness (QED) is 0.806. The number of carboxylic acids is 1. The Morgan fingerprint density at radius 2 is 2.13 bits per heavy atom. The van der Waals surface area contributed by atoms with Gasteiger partial charge in [0.15, 0.2) is 11.8 Å². The largest absolute Gasteiger partial charge is 0.477 e. The Balaban J connectivity index is 2.10. The zero-order valence-electron chi connectivity index (χ0n) is 7.68. The van der Waals surface area contributed by atoms with Crippen molar-refractivity contribution in [3.8, 4) is 0 Å². The maximum absolute atomic E-state index is 12.6. The smallest absolute Gasteiger partial charge is 0.353 e. The second kappa shape index (κ2) is 3.68. The molecule has 15 heavy (non-hydrogen) atoms. The highest BCUT2D eigenvalue weighted by atomic mass is 19.1. The number of nitrogens with zero attached hydrogens (tertiary/aromatic N) is 1. The van der Waals surface area contributed by atoms with Crippen LogP contribution in [0, 0.1) is 5.82 Å². The summed E-state index contributed by atoms with van der Waals surface area (Å²) < 4.78 is 12.6. The van der Waals surface area contributed by atoms with Gasteiger partial charge in [0.05, 0.1) is 0 Å². The molecule has 1 aliphatic heterocycles. The van der Waals surface area contributed by atoms with Crippen LogP contribution in [0.5, 0.6) is 0 Å². The zero-order valence-corrected chi connectivity index (χ0v) is 7.68. The standard InChI is InChI=1S/C10H8FNO3/c11-7-3-1-6(2-4-7)9-5-8(10(13)14)12-15-9/h1-4,9H,5H2,(H,13,14)/t9-/m1/s1. The molecule has 0 saturated heterocycles. The Hall–Kier alpha value is -1.91. The average Bonchev–Trinajstić information content (AvgIpc) is 2.68. The summed E-state index contributed by atoms with van der Waals surface area (Å²) in [5.41, 5.74) is 0.709. The van der Waals surface area contributed by atoms with Crippen molar-refractivity contribution in [3.63, 3.8) is 0 Å². The van der Waals surface area contributed by atoms with Crippen LogP contribution in [0.3, 0.4) is 0 Å². The maximum atomic E-state index is 12.6. The predicted octanol–water partition coefficient (Wildman–Crippen LogP) is 1.73. The molecular formula is C10H8FNO3. The van der Waals surface area contributed by atoms with Crippen LogP contribution in [-0.2, 0) is 9.63 Å². The van der Waals surface area contributed by atoms with Crippen molar-refractivity contribution < 1.29 is 19.1 Å². The number of carbonyl (C=O) groups is 1. The highest BCUT2D eigenvalue weighted by Crippen LogP contribution is 2.27. The van der Waals surface area contributed by atoms with Crippen molar-refractivity contribution >= 4 is 11.7 Å². The van der Waals surface area contributed by atoms with E-state index in [0.29, 0.717) is 0 Å². The number of oxime groups is 1. The van der Waals surface area contributed by atoms with Gasteiger partial charge in [0.2, 0.25) is 0 Å². The molecule has 0 radical (unpaired) electrons. The number of rotatable bonds is 2. The fraction of sp³-hybridized carbons (Fsp3) is 0.200. The van der Waals surface area contributed by atoms with E-state index in [9.17, 15) is 9.18 Å². The number of halogens is 1. The third-order valence-electron chi connectivity index (χ3n) is 2.16. The molecule has 2 rings (SSSR count). The van der Waals surface area contributed by atoms with Crippen molar-refractivity contribution in [2.45, 2.75) is 12.5 Å². The van der Waals surface area contributed by atoms with Gasteiger partial charge < -0.3 is 9.94 Å². The molecule has 0 fully saturated rings. The summed E-state index contributed by atoms with van der Waals surface area (Å²) in [6.45, 7) is 0. The third kappa shape index (κ3) is 1.96. The van der Waals surface area contributed by atoms with Crippen LogP contribution in [0.4, 0.5) is 4.39 Å². The van der Waals surface area contributed by atoms with E-state index in [1.165, 1.54) is 12.1 Å². The fourth-order valence-corrected chi connectivity index (χ4v) is 1.36. The molecule has 0 bridgehead atoms. The molecule has 5 heteroatoms. The summed E-state index contributed by atoms with van der Waals surface area (Å²) in [5, 5.41) is 12.1. The van der Waals surface area contributed by atoms with E-state index in [1.807, 2.05) is 0 Å². The van der Waals surface area contributed by atoms with Crippen molar-refractivity contribution in [2.75, 3.05) is 0 Å². The number of carboxylic acid groups (broad SMARTS) is 1. The monoisotopic (exact) mass is 209 g/mol. The minimum atomic E-state index is -1.08.